The van der Waals surface area contributed by atoms with Crippen molar-refractivity contribution in [2.75, 3.05) is 5.23 Å². The first kappa shape index (κ1) is 13.6. The molecule has 3 aromatic rings. The highest BCUT2D eigenvalue weighted by Gasteiger charge is 2.04. The van der Waals surface area contributed by atoms with E-state index in [9.17, 15) is 5.21 Å². The standard InChI is InChI=1S/C15H11ClN3O2/c16-12-3-7-13(8-4-12)18-9-15(17-10-18)11-1-5-14(6-2-11)19(20)21/h1-10,20H/q-1. The van der Waals surface area contributed by atoms with E-state index in [4.69, 9.17) is 16.8 Å². The Labute approximate surface area is 126 Å². The van der Waals surface area contributed by atoms with Crippen molar-refractivity contribution in [2.24, 2.45) is 0 Å². The molecule has 0 aliphatic carbocycles. The van der Waals surface area contributed by atoms with Crippen molar-refractivity contribution in [3.63, 3.8) is 0 Å². The van der Waals surface area contributed by atoms with Crippen LogP contribution in [0.2, 0.25) is 5.02 Å². The fourth-order valence-electron chi connectivity index (χ4n) is 1.99. The molecule has 5 nitrogen and oxygen atoms in total. The van der Waals surface area contributed by atoms with Crippen LogP contribution < -0.4 is 5.23 Å². The number of hydrogen-bond acceptors (Lipinski definition) is 4. The van der Waals surface area contributed by atoms with E-state index in [1.54, 1.807) is 18.5 Å². The topological polar surface area (TPSA) is 64.3 Å². The average Bonchev–Trinajstić information content (AvgIpc) is 2.98. The van der Waals surface area contributed by atoms with E-state index in [0.717, 1.165) is 16.9 Å². The van der Waals surface area contributed by atoms with Gasteiger partial charge in [-0.25, -0.2) is 4.98 Å². The molecular formula is C15H11ClN3O2-. The molecule has 0 bridgehead atoms. The van der Waals surface area contributed by atoms with Crippen LogP contribution in [-0.4, -0.2) is 14.8 Å². The second kappa shape index (κ2) is 5.57. The van der Waals surface area contributed by atoms with Crippen molar-refractivity contribution in [3.8, 4) is 16.9 Å². The highest BCUT2D eigenvalue weighted by molar-refractivity contribution is 6.30. The molecule has 0 atom stereocenters. The normalized spacial score (nSPS) is 10.6. The van der Waals surface area contributed by atoms with Crippen LogP contribution in [0.3, 0.4) is 0 Å². The van der Waals surface area contributed by atoms with Gasteiger partial charge in [-0.3, -0.25) is 5.21 Å². The molecule has 1 aromatic heterocycles. The van der Waals surface area contributed by atoms with Gasteiger partial charge in [0.25, 0.3) is 0 Å². The van der Waals surface area contributed by atoms with Crippen LogP contribution >= 0.6 is 11.6 Å². The zero-order valence-corrected chi connectivity index (χ0v) is 11.6. The molecule has 6 heteroatoms. The van der Waals surface area contributed by atoms with Gasteiger partial charge in [-0.05, 0) is 36.4 Å². The summed E-state index contributed by atoms with van der Waals surface area (Å²) in [4.78, 5) is 4.34. The first-order valence-corrected chi connectivity index (χ1v) is 6.58. The Morgan fingerprint density at radius 1 is 1.05 bits per heavy atom. The number of hydrogen-bond donors (Lipinski definition) is 1. The van der Waals surface area contributed by atoms with E-state index in [0.29, 0.717) is 5.02 Å². The SMILES string of the molecule is [O-]N(O)c1ccc(-c2cn(-c3ccc(Cl)cc3)cn2)cc1. The lowest BCUT2D eigenvalue weighted by Gasteiger charge is -2.21. The molecule has 0 unspecified atom stereocenters. The molecule has 1 N–H and O–H groups in total. The van der Waals surface area contributed by atoms with Gasteiger partial charge in [-0.1, -0.05) is 23.7 Å². The van der Waals surface area contributed by atoms with E-state index >= 15 is 0 Å². The fourth-order valence-corrected chi connectivity index (χ4v) is 2.11. The molecule has 0 aliphatic rings. The van der Waals surface area contributed by atoms with Crippen LogP contribution in [0.5, 0.6) is 0 Å². The van der Waals surface area contributed by atoms with Crippen LogP contribution in [0.25, 0.3) is 16.9 Å². The van der Waals surface area contributed by atoms with E-state index in [1.807, 2.05) is 35.0 Å². The largest absolute Gasteiger partial charge is 0.733 e. The van der Waals surface area contributed by atoms with Crippen LogP contribution in [0.15, 0.2) is 61.1 Å². The molecule has 2 aromatic carbocycles. The lowest BCUT2D eigenvalue weighted by molar-refractivity contribution is 0.296. The third-order valence-corrected chi connectivity index (χ3v) is 3.34. The molecule has 0 fully saturated rings. The third kappa shape index (κ3) is 2.90. The maximum atomic E-state index is 10.8. The highest BCUT2D eigenvalue weighted by atomic mass is 35.5. The summed E-state index contributed by atoms with van der Waals surface area (Å²) < 4.78 is 1.88. The summed E-state index contributed by atoms with van der Waals surface area (Å²) in [5.41, 5.74) is 2.76. The number of halogens is 1. The smallest absolute Gasteiger partial charge is 0.0999 e. The van der Waals surface area contributed by atoms with Crippen molar-refractivity contribution in [1.29, 1.82) is 0 Å². The van der Waals surface area contributed by atoms with Gasteiger partial charge in [0, 0.05) is 22.5 Å². The van der Waals surface area contributed by atoms with Crippen LogP contribution in [0.4, 0.5) is 5.69 Å². The minimum absolute atomic E-state index is 0.171. The monoisotopic (exact) mass is 300 g/mol. The van der Waals surface area contributed by atoms with Crippen molar-refractivity contribution in [3.05, 3.63) is 71.3 Å². The van der Waals surface area contributed by atoms with Gasteiger partial charge in [0.05, 0.1) is 17.7 Å². The number of nitrogens with zero attached hydrogens (tertiary/aromatic N) is 3. The number of benzene rings is 2. The molecular weight excluding hydrogens is 290 g/mol. The average molecular weight is 301 g/mol. The highest BCUT2D eigenvalue weighted by Crippen LogP contribution is 2.22. The second-order valence-corrected chi connectivity index (χ2v) is 4.90. The predicted octanol–water partition coefficient (Wildman–Crippen LogP) is 3.89. The van der Waals surface area contributed by atoms with Gasteiger partial charge in [0.1, 0.15) is 0 Å². The Morgan fingerprint density at radius 2 is 1.71 bits per heavy atom. The summed E-state index contributed by atoms with van der Waals surface area (Å²) in [6.07, 6.45) is 3.59. The summed E-state index contributed by atoms with van der Waals surface area (Å²) in [6.45, 7) is 0. The van der Waals surface area contributed by atoms with Gasteiger partial charge in [-0.15, -0.1) is 0 Å². The minimum Gasteiger partial charge on any atom is -0.733 e. The summed E-state index contributed by atoms with van der Waals surface area (Å²) in [5, 5.41) is 20.1. The molecule has 0 radical (unpaired) electrons. The fraction of sp³-hybridized carbons (Fsp3) is 0. The Hall–Kier alpha value is -2.34. The van der Waals surface area contributed by atoms with Gasteiger partial charge in [0.15, 0.2) is 0 Å². The third-order valence-electron chi connectivity index (χ3n) is 3.09. The van der Waals surface area contributed by atoms with Gasteiger partial charge < -0.3 is 15.0 Å². The van der Waals surface area contributed by atoms with Crippen LogP contribution in [0.1, 0.15) is 0 Å². The molecule has 106 valence electrons. The van der Waals surface area contributed by atoms with Crippen molar-refractivity contribution in [1.82, 2.24) is 9.55 Å². The van der Waals surface area contributed by atoms with E-state index in [-0.39, 0.29) is 10.9 Å². The molecule has 3 rings (SSSR count). The van der Waals surface area contributed by atoms with Gasteiger partial charge >= 0.3 is 0 Å². The molecule has 1 heterocycles. The maximum Gasteiger partial charge on any atom is 0.0999 e. The Morgan fingerprint density at radius 3 is 2.33 bits per heavy atom. The molecule has 0 amide bonds. The zero-order valence-electron chi connectivity index (χ0n) is 10.8. The Bertz CT molecular complexity index is 736. The lowest BCUT2D eigenvalue weighted by Crippen LogP contribution is -2.06. The molecule has 0 spiro atoms. The first-order chi connectivity index (χ1) is 10.1. The van der Waals surface area contributed by atoms with Gasteiger partial charge in [-0.2, -0.15) is 0 Å². The summed E-state index contributed by atoms with van der Waals surface area (Å²) in [5.74, 6) is 0. The second-order valence-electron chi connectivity index (χ2n) is 4.46. The number of anilines is 1. The molecule has 0 saturated carbocycles. The van der Waals surface area contributed by atoms with E-state index in [2.05, 4.69) is 4.98 Å². The quantitative estimate of drug-likeness (QED) is 0.745. The van der Waals surface area contributed by atoms with Crippen LogP contribution in [0, 0.1) is 5.21 Å². The Kier molecular flexibility index (Phi) is 3.62. The van der Waals surface area contributed by atoms with E-state index in [1.165, 1.54) is 12.1 Å². The van der Waals surface area contributed by atoms with Crippen molar-refractivity contribution >= 4 is 17.3 Å². The maximum absolute atomic E-state index is 10.8. The summed E-state index contributed by atoms with van der Waals surface area (Å²) in [6, 6.07) is 13.9. The molecule has 0 aliphatic heterocycles. The molecule has 21 heavy (non-hydrogen) atoms. The Balaban J connectivity index is 1.89. The first-order valence-electron chi connectivity index (χ1n) is 6.20. The number of rotatable bonds is 3. The minimum atomic E-state index is -0.171. The number of imidazole rings is 1. The van der Waals surface area contributed by atoms with E-state index < -0.39 is 0 Å². The lowest BCUT2D eigenvalue weighted by atomic mass is 10.1. The number of aromatic nitrogens is 2. The predicted molar refractivity (Wildman–Crippen MR) is 81.6 cm³/mol. The van der Waals surface area contributed by atoms with Crippen molar-refractivity contribution in [2.45, 2.75) is 0 Å². The molecule has 0 saturated heterocycles. The van der Waals surface area contributed by atoms with Crippen molar-refractivity contribution < 1.29 is 5.21 Å². The van der Waals surface area contributed by atoms with Gasteiger partial charge in [0.2, 0.25) is 0 Å². The zero-order chi connectivity index (χ0) is 14.8. The van der Waals surface area contributed by atoms with Crippen LogP contribution in [-0.2, 0) is 0 Å². The summed E-state index contributed by atoms with van der Waals surface area (Å²) >= 11 is 5.87. The summed E-state index contributed by atoms with van der Waals surface area (Å²) in [7, 11) is 0.